The van der Waals surface area contributed by atoms with E-state index in [-0.39, 0.29) is 11.0 Å². The van der Waals surface area contributed by atoms with Crippen LogP contribution in [-0.4, -0.2) is 17.0 Å². The molecule has 3 N–H and O–H groups in total. The molecule has 0 spiro atoms. The van der Waals surface area contributed by atoms with Gasteiger partial charge in [0.25, 0.3) is 0 Å². The number of primary amides is 1. The fourth-order valence-electron chi connectivity index (χ4n) is 9.55. The second-order valence-electron chi connectivity index (χ2n) is 12.1. The van der Waals surface area contributed by atoms with Crippen LogP contribution in [0.2, 0.25) is 0 Å². The number of carboxylic acids is 1. The summed E-state index contributed by atoms with van der Waals surface area (Å²) in [6, 6.07) is 0. The van der Waals surface area contributed by atoms with E-state index in [4.69, 9.17) is 5.73 Å². The zero-order chi connectivity index (χ0) is 22.9. The van der Waals surface area contributed by atoms with E-state index < -0.39 is 17.8 Å². The lowest BCUT2D eigenvalue weighted by atomic mass is 9.43. The van der Waals surface area contributed by atoms with Crippen molar-refractivity contribution in [1.82, 2.24) is 0 Å². The van der Waals surface area contributed by atoms with E-state index >= 15 is 0 Å². The minimum Gasteiger partial charge on any atom is -0.478 e. The molecule has 4 rings (SSSR count). The van der Waals surface area contributed by atoms with Gasteiger partial charge in [-0.3, -0.25) is 4.79 Å². The lowest BCUT2D eigenvalue weighted by Gasteiger charge is -2.61. The van der Waals surface area contributed by atoms with Crippen molar-refractivity contribution in [2.24, 2.45) is 57.5 Å². The van der Waals surface area contributed by atoms with E-state index in [0.29, 0.717) is 46.8 Å². The van der Waals surface area contributed by atoms with Crippen molar-refractivity contribution in [3.63, 3.8) is 0 Å². The van der Waals surface area contributed by atoms with Crippen molar-refractivity contribution in [3.8, 4) is 0 Å². The van der Waals surface area contributed by atoms with Crippen LogP contribution in [-0.2, 0) is 9.59 Å². The molecule has 0 saturated heterocycles. The molecule has 172 valence electrons. The van der Waals surface area contributed by atoms with Crippen LogP contribution in [0.3, 0.4) is 0 Å². The van der Waals surface area contributed by atoms with Gasteiger partial charge < -0.3 is 10.8 Å². The number of allylic oxidation sites excluding steroid dienone is 3. The molecule has 4 nitrogen and oxygen atoms in total. The van der Waals surface area contributed by atoms with E-state index in [1.54, 1.807) is 6.08 Å². The summed E-state index contributed by atoms with van der Waals surface area (Å²) in [5, 5.41) is 9.68. The summed E-state index contributed by atoms with van der Waals surface area (Å²) >= 11 is 0. The zero-order valence-corrected chi connectivity index (χ0v) is 20.2. The van der Waals surface area contributed by atoms with Crippen molar-refractivity contribution in [1.29, 1.82) is 0 Å². The summed E-state index contributed by atoms with van der Waals surface area (Å²) < 4.78 is 0. The Morgan fingerprint density at radius 1 is 1.06 bits per heavy atom. The maximum Gasteiger partial charge on any atom is 0.332 e. The van der Waals surface area contributed by atoms with Crippen molar-refractivity contribution in [3.05, 3.63) is 23.3 Å². The monoisotopic (exact) mass is 427 g/mol. The summed E-state index contributed by atoms with van der Waals surface area (Å²) in [7, 11) is 0. The maximum absolute atomic E-state index is 12.2. The summed E-state index contributed by atoms with van der Waals surface area (Å²) in [6.07, 6.45) is 10.7. The smallest absolute Gasteiger partial charge is 0.332 e. The second kappa shape index (κ2) is 7.22. The molecule has 0 heterocycles. The van der Waals surface area contributed by atoms with Crippen molar-refractivity contribution in [2.45, 2.75) is 80.1 Å². The molecular weight excluding hydrogens is 386 g/mol. The highest BCUT2D eigenvalue weighted by Gasteiger charge is 2.65. The molecule has 0 bridgehead atoms. The van der Waals surface area contributed by atoms with Gasteiger partial charge in [0.05, 0.1) is 5.92 Å². The normalized spacial score (nSPS) is 41.2. The lowest BCUT2D eigenvalue weighted by molar-refractivity contribution is -0.136. The fourth-order valence-corrected chi connectivity index (χ4v) is 9.55. The third-order valence-corrected chi connectivity index (χ3v) is 10.8. The maximum atomic E-state index is 12.2. The fraction of sp³-hybridized carbons (Fsp3) is 0.778. The Balaban J connectivity index is 1.75. The molecule has 2 saturated carbocycles. The number of carboxylic acid groups (broad SMARTS) is 1. The quantitative estimate of drug-likeness (QED) is 0.614. The number of carbonyl (C=O) groups is 2. The van der Waals surface area contributed by atoms with E-state index in [1.807, 2.05) is 0 Å². The molecule has 2 fully saturated rings. The zero-order valence-electron chi connectivity index (χ0n) is 20.2. The molecule has 6 atom stereocenters. The number of fused-ring (bicyclic) bond motifs is 5. The first kappa shape index (κ1) is 22.6. The molecule has 1 amide bonds. The van der Waals surface area contributed by atoms with Gasteiger partial charge in [-0.2, -0.15) is 0 Å². The van der Waals surface area contributed by atoms with Crippen LogP contribution in [0.4, 0.5) is 0 Å². The lowest BCUT2D eigenvalue weighted by Crippen LogP contribution is -2.55. The SMILES string of the molecule is CC(C)C1(C(C)C)CC[C@H]2[C@@H]3CC=C4C=C(C(=O)O)C(C(N)=O)C[C@]4(C)[C@@H]3CC[C@@]21C. The van der Waals surface area contributed by atoms with Crippen LogP contribution < -0.4 is 5.73 Å². The van der Waals surface area contributed by atoms with E-state index in [2.05, 4.69) is 47.6 Å². The average Bonchev–Trinajstić information content (AvgIpc) is 3.00. The van der Waals surface area contributed by atoms with Crippen molar-refractivity contribution in [2.75, 3.05) is 0 Å². The minimum absolute atomic E-state index is 0.163. The van der Waals surface area contributed by atoms with Crippen LogP contribution in [0, 0.1) is 51.8 Å². The number of hydrogen-bond acceptors (Lipinski definition) is 2. The van der Waals surface area contributed by atoms with Crippen LogP contribution in [0.15, 0.2) is 23.3 Å². The molecule has 0 aromatic heterocycles. The Kier molecular flexibility index (Phi) is 5.26. The molecule has 0 aromatic rings. The number of nitrogens with two attached hydrogens (primary N) is 1. The van der Waals surface area contributed by atoms with Crippen LogP contribution in [0.5, 0.6) is 0 Å². The molecule has 1 unspecified atom stereocenters. The highest BCUT2D eigenvalue weighted by atomic mass is 16.4. The van der Waals surface area contributed by atoms with Gasteiger partial charge in [0.15, 0.2) is 0 Å². The Morgan fingerprint density at radius 3 is 2.23 bits per heavy atom. The Labute approximate surface area is 187 Å². The molecule has 0 aliphatic heterocycles. The van der Waals surface area contributed by atoms with Gasteiger partial charge >= 0.3 is 5.97 Å². The Bertz CT molecular complexity index is 845. The molecular formula is C27H41NO3. The molecule has 4 aliphatic rings. The number of rotatable bonds is 4. The first-order valence-electron chi connectivity index (χ1n) is 12.3. The summed E-state index contributed by atoms with van der Waals surface area (Å²) in [6.45, 7) is 14.6. The number of carbonyl (C=O) groups excluding carboxylic acids is 1. The number of hydrogen-bond donors (Lipinski definition) is 2. The molecule has 31 heavy (non-hydrogen) atoms. The van der Waals surface area contributed by atoms with Gasteiger partial charge in [0.2, 0.25) is 5.91 Å². The summed E-state index contributed by atoms with van der Waals surface area (Å²) in [5.41, 5.74) is 7.56. The number of aliphatic carboxylic acids is 1. The molecule has 0 aromatic carbocycles. The van der Waals surface area contributed by atoms with E-state index in [1.165, 1.54) is 19.3 Å². The summed E-state index contributed by atoms with van der Waals surface area (Å²) in [4.78, 5) is 24.0. The van der Waals surface area contributed by atoms with Crippen molar-refractivity contribution < 1.29 is 14.7 Å². The second-order valence-corrected chi connectivity index (χ2v) is 12.1. The Morgan fingerprint density at radius 2 is 1.68 bits per heavy atom. The topological polar surface area (TPSA) is 80.4 Å². The van der Waals surface area contributed by atoms with Gasteiger partial charge in [-0.15, -0.1) is 0 Å². The van der Waals surface area contributed by atoms with E-state index in [9.17, 15) is 14.7 Å². The van der Waals surface area contributed by atoms with Crippen LogP contribution in [0.1, 0.15) is 80.1 Å². The molecule has 4 aliphatic carbocycles. The number of amides is 1. The Hall–Kier alpha value is -1.58. The minimum atomic E-state index is -1.01. The van der Waals surface area contributed by atoms with Crippen LogP contribution in [0.25, 0.3) is 0 Å². The van der Waals surface area contributed by atoms with Gasteiger partial charge in [0, 0.05) is 5.57 Å². The highest BCUT2D eigenvalue weighted by molar-refractivity contribution is 5.96. The third-order valence-electron chi connectivity index (χ3n) is 10.8. The molecule has 4 heteroatoms. The average molecular weight is 428 g/mol. The van der Waals surface area contributed by atoms with Crippen molar-refractivity contribution >= 4 is 11.9 Å². The highest BCUT2D eigenvalue weighted by Crippen LogP contribution is 2.72. The van der Waals surface area contributed by atoms with Gasteiger partial charge in [-0.25, -0.2) is 4.79 Å². The third kappa shape index (κ3) is 2.85. The largest absolute Gasteiger partial charge is 0.478 e. The molecule has 0 radical (unpaired) electrons. The standard InChI is InChI=1S/C27H41NO3/c1-15(2)27(16(3)4)12-10-22-18-8-7-17-13-19(24(30)31)20(23(28)29)14-25(17,5)21(18)9-11-26(22,27)6/h7,13,15-16,18,20-22H,8-12,14H2,1-6H3,(H2,28,29)(H,30,31)/t18-,20?,21-,22+,25+,26+/m1/s1. The predicted molar refractivity (Wildman–Crippen MR) is 123 cm³/mol. The first-order valence-corrected chi connectivity index (χ1v) is 12.3. The van der Waals surface area contributed by atoms with Gasteiger partial charge in [-0.1, -0.05) is 47.6 Å². The van der Waals surface area contributed by atoms with Gasteiger partial charge in [0.1, 0.15) is 0 Å². The summed E-state index contributed by atoms with van der Waals surface area (Å²) in [5.74, 6) is 0.923. The predicted octanol–water partition coefficient (Wildman–Crippen LogP) is 5.58. The van der Waals surface area contributed by atoms with Crippen LogP contribution >= 0.6 is 0 Å². The van der Waals surface area contributed by atoms with Gasteiger partial charge in [-0.05, 0) is 96.0 Å². The first-order chi connectivity index (χ1) is 14.4. The van der Waals surface area contributed by atoms with E-state index in [0.717, 1.165) is 18.4 Å².